The number of halogens is 1. The van der Waals surface area contributed by atoms with Crippen molar-refractivity contribution in [2.45, 2.75) is 11.1 Å². The van der Waals surface area contributed by atoms with Crippen LogP contribution in [0.1, 0.15) is 27.9 Å². The standard InChI is InChI=1S/C30H24ClN3O/c1-34-19-29(27-23(31)16-10-18-25(27)34)26-22-15-8-9-17-24(22)32-28(26)30(35-33-29,20-11-4-2-5-12-20)21-13-6-3-7-14-21/h2-18,32-33H,19H2,1H3/t29-/m0/s1. The fourth-order valence-corrected chi connectivity index (χ4v) is 6.43. The molecule has 5 heteroatoms. The minimum absolute atomic E-state index is 0.634. The quantitative estimate of drug-likeness (QED) is 0.311. The van der Waals surface area contributed by atoms with Crippen LogP contribution in [0.5, 0.6) is 0 Å². The molecule has 0 bridgehead atoms. The summed E-state index contributed by atoms with van der Waals surface area (Å²) in [7, 11) is 2.11. The number of likely N-dealkylation sites (N-methyl/N-ethyl adjacent to an activating group) is 1. The first kappa shape index (κ1) is 20.8. The number of H-pyrrole nitrogens is 1. The average Bonchev–Trinajstić information content (AvgIpc) is 3.43. The smallest absolute Gasteiger partial charge is 0.180 e. The van der Waals surface area contributed by atoms with Crippen molar-refractivity contribution < 1.29 is 4.84 Å². The van der Waals surface area contributed by atoms with Crippen LogP contribution in [0.25, 0.3) is 10.9 Å². The molecular weight excluding hydrogens is 454 g/mol. The van der Waals surface area contributed by atoms with E-state index in [-0.39, 0.29) is 0 Å². The topological polar surface area (TPSA) is 40.3 Å². The van der Waals surface area contributed by atoms with Crippen molar-refractivity contribution in [3.63, 3.8) is 0 Å². The number of fused-ring (bicyclic) bond motifs is 6. The second-order valence-electron chi connectivity index (χ2n) is 9.43. The third kappa shape index (κ3) is 2.70. The Morgan fingerprint density at radius 2 is 1.43 bits per heavy atom. The molecule has 1 spiro atoms. The van der Waals surface area contributed by atoms with Gasteiger partial charge in [0.15, 0.2) is 5.60 Å². The summed E-state index contributed by atoms with van der Waals surface area (Å²) in [5.41, 5.74) is 9.61. The van der Waals surface area contributed by atoms with Crippen LogP contribution in [0.2, 0.25) is 5.02 Å². The zero-order valence-corrected chi connectivity index (χ0v) is 20.0. The number of aromatic amines is 1. The molecule has 3 heterocycles. The molecule has 2 aliphatic heterocycles. The lowest BCUT2D eigenvalue weighted by Crippen LogP contribution is -2.56. The maximum Gasteiger partial charge on any atom is 0.180 e. The van der Waals surface area contributed by atoms with E-state index in [1.165, 1.54) is 5.56 Å². The van der Waals surface area contributed by atoms with Crippen molar-refractivity contribution >= 4 is 28.2 Å². The molecule has 0 saturated carbocycles. The summed E-state index contributed by atoms with van der Waals surface area (Å²) < 4.78 is 0. The van der Waals surface area contributed by atoms with E-state index in [0.29, 0.717) is 6.54 Å². The van der Waals surface area contributed by atoms with Crippen LogP contribution in [-0.4, -0.2) is 18.6 Å². The van der Waals surface area contributed by atoms with Gasteiger partial charge in [0.1, 0.15) is 5.54 Å². The summed E-state index contributed by atoms with van der Waals surface area (Å²) in [5.74, 6) is 0. The first-order chi connectivity index (χ1) is 17.1. The number of nitrogens with one attached hydrogen (secondary N) is 2. The van der Waals surface area contributed by atoms with Gasteiger partial charge in [0.25, 0.3) is 0 Å². The van der Waals surface area contributed by atoms with E-state index in [9.17, 15) is 0 Å². The molecule has 0 radical (unpaired) electrons. The van der Waals surface area contributed by atoms with Gasteiger partial charge in [-0.1, -0.05) is 96.5 Å². The van der Waals surface area contributed by atoms with Gasteiger partial charge in [0.2, 0.25) is 0 Å². The summed E-state index contributed by atoms with van der Waals surface area (Å²) in [4.78, 5) is 13.0. The van der Waals surface area contributed by atoms with Gasteiger partial charge >= 0.3 is 0 Å². The van der Waals surface area contributed by atoms with Crippen LogP contribution >= 0.6 is 11.6 Å². The highest BCUT2D eigenvalue weighted by molar-refractivity contribution is 6.32. The molecule has 4 nitrogen and oxygen atoms in total. The highest BCUT2D eigenvalue weighted by Crippen LogP contribution is 2.56. The van der Waals surface area contributed by atoms with Gasteiger partial charge in [-0.15, -0.1) is 0 Å². The predicted octanol–water partition coefficient (Wildman–Crippen LogP) is 6.34. The Labute approximate surface area is 209 Å². The van der Waals surface area contributed by atoms with Crippen LogP contribution in [0.4, 0.5) is 5.69 Å². The van der Waals surface area contributed by atoms with Gasteiger partial charge < -0.3 is 9.88 Å². The summed E-state index contributed by atoms with van der Waals surface area (Å²) in [6.07, 6.45) is 0. The third-order valence-electron chi connectivity index (χ3n) is 7.53. The molecule has 7 rings (SSSR count). The Morgan fingerprint density at radius 1 is 0.771 bits per heavy atom. The highest BCUT2D eigenvalue weighted by atomic mass is 35.5. The molecular formula is C30H24ClN3O. The average molecular weight is 478 g/mol. The van der Waals surface area contributed by atoms with Crippen molar-refractivity contribution in [3.05, 3.63) is 136 Å². The molecule has 0 saturated heterocycles. The number of aromatic nitrogens is 1. The Balaban J connectivity index is 1.62. The molecule has 0 amide bonds. The van der Waals surface area contributed by atoms with E-state index in [2.05, 4.69) is 101 Å². The summed E-state index contributed by atoms with van der Waals surface area (Å²) >= 11 is 6.92. The minimum atomic E-state index is -0.870. The number of anilines is 1. The lowest BCUT2D eigenvalue weighted by molar-refractivity contribution is -0.111. The molecule has 0 aliphatic carbocycles. The number of para-hydroxylation sites is 1. The van der Waals surface area contributed by atoms with Crippen LogP contribution in [0.3, 0.4) is 0 Å². The van der Waals surface area contributed by atoms with Crippen molar-refractivity contribution in [1.29, 1.82) is 0 Å². The zero-order chi connectivity index (χ0) is 23.6. The van der Waals surface area contributed by atoms with Crippen LogP contribution in [-0.2, 0) is 16.0 Å². The number of hydrogen-bond acceptors (Lipinski definition) is 3. The van der Waals surface area contributed by atoms with Crippen molar-refractivity contribution in [3.8, 4) is 0 Å². The van der Waals surface area contributed by atoms with E-state index >= 15 is 0 Å². The van der Waals surface area contributed by atoms with E-state index in [1.54, 1.807) is 0 Å². The number of nitrogens with zero attached hydrogens (tertiary/aromatic N) is 1. The van der Waals surface area contributed by atoms with Gasteiger partial charge in [-0.25, -0.2) is 0 Å². The Hall–Kier alpha value is -3.57. The maximum atomic E-state index is 6.93. The fraction of sp³-hybridized carbons (Fsp3) is 0.133. The highest BCUT2D eigenvalue weighted by Gasteiger charge is 2.56. The van der Waals surface area contributed by atoms with Gasteiger partial charge in [-0.2, -0.15) is 5.48 Å². The molecule has 172 valence electrons. The first-order valence-corrected chi connectivity index (χ1v) is 12.2. The SMILES string of the molecule is CN1C[C@@]2(NOC(c3ccccc3)(c3ccccc3)c3[nH]c4ccccc4c32)c2c(Cl)cccc21. The molecule has 5 aromatic rings. The molecule has 2 aliphatic rings. The van der Waals surface area contributed by atoms with Crippen molar-refractivity contribution in [2.75, 3.05) is 18.5 Å². The first-order valence-electron chi connectivity index (χ1n) is 11.8. The Kier molecular flexibility index (Phi) is 4.43. The summed E-state index contributed by atoms with van der Waals surface area (Å²) in [6.45, 7) is 0.695. The Bertz CT molecular complexity index is 1520. The molecule has 0 fully saturated rings. The lowest BCUT2D eigenvalue weighted by atomic mass is 9.74. The number of rotatable bonds is 2. The minimum Gasteiger partial charge on any atom is -0.372 e. The van der Waals surface area contributed by atoms with E-state index in [0.717, 1.165) is 44.0 Å². The number of hydrogen-bond donors (Lipinski definition) is 2. The van der Waals surface area contributed by atoms with Gasteiger partial charge in [0.05, 0.1) is 5.69 Å². The number of hydroxylamine groups is 1. The van der Waals surface area contributed by atoms with Crippen LogP contribution in [0, 0.1) is 0 Å². The number of benzene rings is 4. The predicted molar refractivity (Wildman–Crippen MR) is 141 cm³/mol. The second kappa shape index (κ2) is 7.46. The summed E-state index contributed by atoms with van der Waals surface area (Å²) in [6, 6.07) is 35.4. The van der Waals surface area contributed by atoms with Gasteiger partial charge in [-0.05, 0) is 29.3 Å². The zero-order valence-electron chi connectivity index (χ0n) is 19.3. The van der Waals surface area contributed by atoms with Crippen LogP contribution in [0.15, 0.2) is 103 Å². The van der Waals surface area contributed by atoms with Gasteiger partial charge in [-0.3, -0.25) is 4.84 Å². The molecule has 1 atom stereocenters. The molecule has 4 aromatic carbocycles. The largest absolute Gasteiger partial charge is 0.372 e. The maximum absolute atomic E-state index is 6.93. The van der Waals surface area contributed by atoms with E-state index in [1.807, 2.05) is 24.3 Å². The van der Waals surface area contributed by atoms with E-state index < -0.39 is 11.1 Å². The third-order valence-corrected chi connectivity index (χ3v) is 7.84. The normalized spacial score (nSPS) is 20.2. The molecule has 1 aromatic heterocycles. The second-order valence-corrected chi connectivity index (χ2v) is 9.84. The lowest BCUT2D eigenvalue weighted by Gasteiger charge is -2.46. The van der Waals surface area contributed by atoms with Crippen LogP contribution < -0.4 is 10.4 Å². The fourth-order valence-electron chi connectivity index (χ4n) is 6.09. The monoisotopic (exact) mass is 477 g/mol. The Morgan fingerprint density at radius 3 is 2.14 bits per heavy atom. The van der Waals surface area contributed by atoms with Crippen molar-refractivity contribution in [1.82, 2.24) is 10.5 Å². The van der Waals surface area contributed by atoms with E-state index in [4.69, 9.17) is 16.4 Å². The molecule has 2 N–H and O–H groups in total. The molecule has 35 heavy (non-hydrogen) atoms. The van der Waals surface area contributed by atoms with Crippen molar-refractivity contribution in [2.24, 2.45) is 0 Å². The van der Waals surface area contributed by atoms with Gasteiger partial charge in [0, 0.05) is 46.3 Å². The molecule has 0 unspecified atom stereocenters. The summed E-state index contributed by atoms with van der Waals surface area (Å²) in [5, 5.41) is 1.89.